The number of fused-ring (bicyclic) bond motifs is 1. The van der Waals surface area contributed by atoms with Crippen LogP contribution in [-0.4, -0.2) is 28.8 Å². The first-order valence-electron chi connectivity index (χ1n) is 8.40. The van der Waals surface area contributed by atoms with Crippen molar-refractivity contribution in [2.24, 2.45) is 0 Å². The van der Waals surface area contributed by atoms with Crippen LogP contribution in [0.1, 0.15) is 36.1 Å². The number of ether oxygens (including phenoxy) is 1. The second-order valence-corrected chi connectivity index (χ2v) is 6.08. The van der Waals surface area contributed by atoms with Crippen molar-refractivity contribution in [3.05, 3.63) is 65.5 Å². The molecule has 6 heteroatoms. The van der Waals surface area contributed by atoms with E-state index in [1.54, 1.807) is 30.5 Å². The zero-order valence-electron chi connectivity index (χ0n) is 14.8. The molecule has 0 radical (unpaired) electrons. The third kappa shape index (κ3) is 3.91. The summed E-state index contributed by atoms with van der Waals surface area (Å²) in [5.41, 5.74) is 2.89. The number of carbonyl (C=O) groups excluding carboxylic acids is 2. The predicted molar refractivity (Wildman–Crippen MR) is 98.0 cm³/mol. The predicted octanol–water partition coefficient (Wildman–Crippen LogP) is 2.67. The number of hydrogen-bond donors (Lipinski definition) is 1. The summed E-state index contributed by atoms with van der Waals surface area (Å²) in [7, 11) is 1.56. The number of nitrogens with one attached hydrogen (secondary N) is 1. The van der Waals surface area contributed by atoms with Crippen LogP contribution in [0.5, 0.6) is 5.88 Å². The van der Waals surface area contributed by atoms with E-state index in [1.165, 1.54) is 6.92 Å². The third-order valence-corrected chi connectivity index (χ3v) is 4.34. The quantitative estimate of drug-likeness (QED) is 0.899. The largest absolute Gasteiger partial charge is 0.481 e. The van der Waals surface area contributed by atoms with Crippen molar-refractivity contribution in [1.82, 2.24) is 15.2 Å². The van der Waals surface area contributed by atoms with Crippen LogP contribution in [0.3, 0.4) is 0 Å². The summed E-state index contributed by atoms with van der Waals surface area (Å²) in [5, 5.41) is 2.89. The average Bonchev–Trinajstić information content (AvgIpc) is 2.66. The second kappa shape index (κ2) is 7.82. The van der Waals surface area contributed by atoms with Crippen LogP contribution in [0.25, 0.3) is 6.08 Å². The monoisotopic (exact) mass is 351 g/mol. The summed E-state index contributed by atoms with van der Waals surface area (Å²) in [6, 6.07) is 11.1. The van der Waals surface area contributed by atoms with E-state index in [-0.39, 0.29) is 24.3 Å². The number of pyridine rings is 1. The van der Waals surface area contributed by atoms with Crippen molar-refractivity contribution in [2.45, 2.75) is 25.9 Å². The van der Waals surface area contributed by atoms with Gasteiger partial charge in [-0.25, -0.2) is 4.98 Å². The Labute approximate surface area is 152 Å². The summed E-state index contributed by atoms with van der Waals surface area (Å²) >= 11 is 0. The molecule has 1 aliphatic rings. The first kappa shape index (κ1) is 17.7. The molecule has 0 bridgehead atoms. The van der Waals surface area contributed by atoms with Gasteiger partial charge in [-0.15, -0.1) is 0 Å². The van der Waals surface area contributed by atoms with Crippen LogP contribution in [0.15, 0.2) is 48.8 Å². The van der Waals surface area contributed by atoms with Crippen molar-refractivity contribution in [3.8, 4) is 5.88 Å². The number of aromatic nitrogens is 1. The summed E-state index contributed by atoms with van der Waals surface area (Å²) in [6.45, 7) is 1.88. The Kier molecular flexibility index (Phi) is 5.31. The molecule has 0 unspecified atom stereocenters. The van der Waals surface area contributed by atoms with Gasteiger partial charge in [0.1, 0.15) is 0 Å². The number of benzene rings is 1. The molecule has 3 rings (SSSR count). The molecule has 134 valence electrons. The minimum absolute atomic E-state index is 0.0899. The smallest absolute Gasteiger partial charge is 0.223 e. The topological polar surface area (TPSA) is 71.5 Å². The van der Waals surface area contributed by atoms with Gasteiger partial charge >= 0.3 is 0 Å². The average molecular weight is 351 g/mol. The Morgan fingerprint density at radius 2 is 2.04 bits per heavy atom. The number of nitrogens with zero attached hydrogens (tertiary/aromatic N) is 2. The number of hydrogen-bond acceptors (Lipinski definition) is 4. The molecule has 2 amide bonds. The van der Waals surface area contributed by atoms with Gasteiger partial charge in [0.05, 0.1) is 19.6 Å². The molecule has 2 aromatic rings. The highest BCUT2D eigenvalue weighted by Gasteiger charge is 2.27. The molecule has 1 N–H and O–H groups in total. The maximum absolute atomic E-state index is 12.5. The second-order valence-electron chi connectivity index (χ2n) is 6.08. The molecule has 1 aliphatic heterocycles. The first-order chi connectivity index (χ1) is 12.6. The standard InChI is InChI=1S/C20H21N3O3/c1-14(24)23-10-9-16-5-3-4-6-17(16)18(23)11-19(25)21-12-15-7-8-20(26-2)22-13-15/h3-10,13,18H,11-12H2,1-2H3,(H,21,25)/t18-/m0/s1. The van der Waals surface area contributed by atoms with E-state index in [4.69, 9.17) is 4.74 Å². The van der Waals surface area contributed by atoms with Gasteiger partial charge in [0.25, 0.3) is 0 Å². The molecule has 1 aromatic heterocycles. The maximum Gasteiger partial charge on any atom is 0.223 e. The van der Waals surface area contributed by atoms with Crippen LogP contribution in [-0.2, 0) is 16.1 Å². The lowest BCUT2D eigenvalue weighted by Gasteiger charge is -2.32. The van der Waals surface area contributed by atoms with Crippen molar-refractivity contribution in [2.75, 3.05) is 7.11 Å². The minimum atomic E-state index is -0.303. The molecule has 0 spiro atoms. The van der Waals surface area contributed by atoms with Gasteiger partial charge in [0.2, 0.25) is 17.7 Å². The van der Waals surface area contributed by atoms with E-state index in [2.05, 4.69) is 10.3 Å². The molecule has 0 saturated carbocycles. The zero-order valence-corrected chi connectivity index (χ0v) is 14.8. The summed E-state index contributed by atoms with van der Waals surface area (Å²) in [6.07, 6.45) is 5.51. The zero-order chi connectivity index (χ0) is 18.5. The highest BCUT2D eigenvalue weighted by atomic mass is 16.5. The van der Waals surface area contributed by atoms with E-state index >= 15 is 0 Å². The summed E-state index contributed by atoms with van der Waals surface area (Å²) in [4.78, 5) is 30.2. The van der Waals surface area contributed by atoms with Crippen LogP contribution < -0.4 is 10.1 Å². The van der Waals surface area contributed by atoms with Gasteiger partial charge in [-0.2, -0.15) is 0 Å². The fraction of sp³-hybridized carbons (Fsp3) is 0.250. The normalized spacial score (nSPS) is 15.3. The molecular weight excluding hydrogens is 330 g/mol. The van der Waals surface area contributed by atoms with E-state index in [0.717, 1.165) is 16.7 Å². The Balaban J connectivity index is 1.68. The fourth-order valence-corrected chi connectivity index (χ4v) is 3.00. The highest BCUT2D eigenvalue weighted by molar-refractivity contribution is 5.81. The van der Waals surface area contributed by atoms with Crippen molar-refractivity contribution in [3.63, 3.8) is 0 Å². The van der Waals surface area contributed by atoms with Crippen LogP contribution in [0, 0.1) is 0 Å². The van der Waals surface area contributed by atoms with Gasteiger partial charge in [0.15, 0.2) is 0 Å². The van der Waals surface area contributed by atoms with Gasteiger partial charge in [-0.05, 0) is 22.8 Å². The molecular formula is C20H21N3O3. The Morgan fingerprint density at radius 3 is 2.73 bits per heavy atom. The fourth-order valence-electron chi connectivity index (χ4n) is 3.00. The van der Waals surface area contributed by atoms with Crippen LogP contribution >= 0.6 is 0 Å². The third-order valence-electron chi connectivity index (χ3n) is 4.34. The highest BCUT2D eigenvalue weighted by Crippen LogP contribution is 2.32. The van der Waals surface area contributed by atoms with E-state index < -0.39 is 0 Å². The van der Waals surface area contributed by atoms with Crippen molar-refractivity contribution >= 4 is 17.9 Å². The Morgan fingerprint density at radius 1 is 1.23 bits per heavy atom. The lowest BCUT2D eigenvalue weighted by atomic mass is 9.93. The molecule has 6 nitrogen and oxygen atoms in total. The Bertz CT molecular complexity index is 830. The number of carbonyl (C=O) groups is 2. The molecule has 2 heterocycles. The van der Waals surface area contributed by atoms with Crippen molar-refractivity contribution in [1.29, 1.82) is 0 Å². The van der Waals surface area contributed by atoms with Gasteiger partial charge in [-0.3, -0.25) is 9.59 Å². The number of rotatable bonds is 5. The van der Waals surface area contributed by atoms with Gasteiger partial charge in [-0.1, -0.05) is 30.3 Å². The SMILES string of the molecule is COc1ccc(CNC(=O)C[C@H]2c3ccccc3C=CN2C(C)=O)cn1. The molecule has 1 atom stereocenters. The van der Waals surface area contributed by atoms with Gasteiger partial charge in [0, 0.05) is 31.9 Å². The molecule has 0 fully saturated rings. The lowest BCUT2D eigenvalue weighted by molar-refractivity contribution is -0.130. The first-order valence-corrected chi connectivity index (χ1v) is 8.40. The number of methoxy groups -OCH3 is 1. The van der Waals surface area contributed by atoms with Gasteiger partial charge < -0.3 is 15.0 Å². The van der Waals surface area contributed by atoms with Crippen LogP contribution in [0.2, 0.25) is 0 Å². The molecule has 1 aromatic carbocycles. The Hall–Kier alpha value is -3.15. The molecule has 26 heavy (non-hydrogen) atoms. The lowest BCUT2D eigenvalue weighted by Crippen LogP contribution is -2.35. The minimum Gasteiger partial charge on any atom is -0.481 e. The van der Waals surface area contributed by atoms with E-state index in [0.29, 0.717) is 12.4 Å². The summed E-state index contributed by atoms with van der Waals surface area (Å²) < 4.78 is 5.02. The maximum atomic E-state index is 12.5. The summed E-state index contributed by atoms with van der Waals surface area (Å²) in [5.74, 6) is 0.317. The molecule has 0 saturated heterocycles. The van der Waals surface area contributed by atoms with Crippen molar-refractivity contribution < 1.29 is 14.3 Å². The van der Waals surface area contributed by atoms with E-state index in [9.17, 15) is 9.59 Å². The van der Waals surface area contributed by atoms with E-state index in [1.807, 2.05) is 36.4 Å². The number of amides is 2. The van der Waals surface area contributed by atoms with Crippen LogP contribution in [0.4, 0.5) is 0 Å². The molecule has 0 aliphatic carbocycles.